The van der Waals surface area contributed by atoms with E-state index in [9.17, 15) is 9.59 Å². The van der Waals surface area contributed by atoms with Gasteiger partial charge in [0.05, 0.1) is 17.5 Å². The van der Waals surface area contributed by atoms with Crippen LogP contribution in [0.2, 0.25) is 0 Å². The highest BCUT2D eigenvalue weighted by molar-refractivity contribution is 5.91. The van der Waals surface area contributed by atoms with E-state index in [2.05, 4.69) is 10.6 Å². The van der Waals surface area contributed by atoms with Crippen LogP contribution in [-0.4, -0.2) is 17.9 Å². The van der Waals surface area contributed by atoms with Gasteiger partial charge in [0.1, 0.15) is 0 Å². The minimum Gasteiger partial charge on any atom is -0.350 e. The molecule has 2 atom stereocenters. The van der Waals surface area contributed by atoms with Gasteiger partial charge in [0.25, 0.3) is 0 Å². The van der Waals surface area contributed by atoms with Crippen molar-refractivity contribution in [1.29, 1.82) is 0 Å². The van der Waals surface area contributed by atoms with Gasteiger partial charge in [-0.05, 0) is 31.2 Å². The molecular weight excluding hydrogens is 252 g/mol. The van der Waals surface area contributed by atoms with Gasteiger partial charge in [-0.15, -0.1) is 0 Å². The van der Waals surface area contributed by atoms with Gasteiger partial charge in [0.2, 0.25) is 11.8 Å². The summed E-state index contributed by atoms with van der Waals surface area (Å²) in [4.78, 5) is 24.4. The lowest BCUT2D eigenvalue weighted by Crippen LogP contribution is -2.43. The number of rotatable bonds is 3. The Bertz CT molecular complexity index is 561. The van der Waals surface area contributed by atoms with Crippen LogP contribution in [0, 0.1) is 11.3 Å². The fourth-order valence-electron chi connectivity index (χ4n) is 3.28. The summed E-state index contributed by atoms with van der Waals surface area (Å²) in [6, 6.07) is 9.76. The second-order valence-electron chi connectivity index (χ2n) is 6.28. The second kappa shape index (κ2) is 4.08. The van der Waals surface area contributed by atoms with Gasteiger partial charge in [0, 0.05) is 5.92 Å². The molecule has 1 aromatic rings. The summed E-state index contributed by atoms with van der Waals surface area (Å²) >= 11 is 0. The zero-order valence-corrected chi connectivity index (χ0v) is 11.3. The second-order valence-corrected chi connectivity index (χ2v) is 6.28. The molecule has 1 saturated heterocycles. The van der Waals surface area contributed by atoms with Gasteiger partial charge in [-0.3, -0.25) is 9.59 Å². The first-order chi connectivity index (χ1) is 9.71. The first kappa shape index (κ1) is 11.9. The van der Waals surface area contributed by atoms with Gasteiger partial charge >= 0.3 is 0 Å². The predicted octanol–water partition coefficient (Wildman–Crippen LogP) is 1.53. The van der Waals surface area contributed by atoms with Crippen LogP contribution < -0.4 is 10.6 Å². The molecule has 3 aliphatic rings. The Kier molecular flexibility index (Phi) is 2.43. The summed E-state index contributed by atoms with van der Waals surface area (Å²) in [7, 11) is 0. The summed E-state index contributed by atoms with van der Waals surface area (Å²) in [5.41, 5.74) is 0.733. The molecule has 1 heterocycles. The van der Waals surface area contributed by atoms with Crippen LogP contribution in [0.15, 0.2) is 30.3 Å². The highest BCUT2D eigenvalue weighted by atomic mass is 16.2. The third kappa shape index (κ3) is 1.74. The Balaban J connectivity index is 1.63. The van der Waals surface area contributed by atoms with Gasteiger partial charge in [-0.1, -0.05) is 30.3 Å². The van der Waals surface area contributed by atoms with Crippen molar-refractivity contribution in [2.45, 2.75) is 37.8 Å². The Hall–Kier alpha value is -1.84. The minimum absolute atomic E-state index is 0.0890. The molecule has 4 heteroatoms. The van der Waals surface area contributed by atoms with Crippen LogP contribution in [0.5, 0.6) is 0 Å². The molecule has 1 aliphatic heterocycles. The molecule has 1 spiro atoms. The summed E-state index contributed by atoms with van der Waals surface area (Å²) in [6.45, 7) is 0. The Labute approximate surface area is 117 Å². The molecule has 104 valence electrons. The van der Waals surface area contributed by atoms with Crippen LogP contribution in [0.4, 0.5) is 0 Å². The van der Waals surface area contributed by atoms with Gasteiger partial charge in [-0.25, -0.2) is 0 Å². The average Bonchev–Trinajstić information content (AvgIpc) is 3.35. The van der Waals surface area contributed by atoms with E-state index in [1.165, 1.54) is 0 Å². The Morgan fingerprint density at radius 3 is 2.50 bits per heavy atom. The lowest BCUT2D eigenvalue weighted by Gasteiger charge is -2.24. The van der Waals surface area contributed by atoms with E-state index in [0.29, 0.717) is 0 Å². The number of hydrogen-bond acceptors (Lipinski definition) is 2. The van der Waals surface area contributed by atoms with E-state index in [1.807, 2.05) is 30.3 Å². The first-order valence-corrected chi connectivity index (χ1v) is 7.37. The molecule has 1 aromatic carbocycles. The predicted molar refractivity (Wildman–Crippen MR) is 73.6 cm³/mol. The zero-order valence-electron chi connectivity index (χ0n) is 11.3. The molecule has 4 nitrogen and oxygen atoms in total. The van der Waals surface area contributed by atoms with E-state index in [1.54, 1.807) is 0 Å². The van der Waals surface area contributed by atoms with E-state index < -0.39 is 0 Å². The largest absolute Gasteiger partial charge is 0.350 e. The normalized spacial score (nSPS) is 30.1. The van der Waals surface area contributed by atoms with Crippen molar-refractivity contribution in [3.05, 3.63) is 35.9 Å². The van der Waals surface area contributed by atoms with Crippen LogP contribution in [0.25, 0.3) is 0 Å². The smallest absolute Gasteiger partial charge is 0.228 e. The van der Waals surface area contributed by atoms with Gasteiger partial charge < -0.3 is 10.6 Å². The van der Waals surface area contributed by atoms with E-state index >= 15 is 0 Å². The maximum atomic E-state index is 12.3. The number of benzene rings is 1. The summed E-state index contributed by atoms with van der Waals surface area (Å²) in [5.74, 6) is 0.407. The first-order valence-electron chi connectivity index (χ1n) is 7.37. The maximum Gasteiger partial charge on any atom is 0.228 e. The van der Waals surface area contributed by atoms with E-state index in [0.717, 1.165) is 31.2 Å². The van der Waals surface area contributed by atoms with Crippen molar-refractivity contribution in [3.8, 4) is 0 Å². The third-order valence-corrected chi connectivity index (χ3v) is 4.86. The topological polar surface area (TPSA) is 58.2 Å². The fraction of sp³-hybridized carbons (Fsp3) is 0.500. The lowest BCUT2D eigenvalue weighted by molar-refractivity contribution is -0.125. The molecular formula is C16H18N2O2. The van der Waals surface area contributed by atoms with Crippen molar-refractivity contribution in [3.63, 3.8) is 0 Å². The quantitative estimate of drug-likeness (QED) is 0.875. The van der Waals surface area contributed by atoms with Crippen LogP contribution >= 0.6 is 0 Å². The summed E-state index contributed by atoms with van der Waals surface area (Å²) < 4.78 is 0. The standard InChI is InChI=1S/C16H18N2O2/c19-14(11-6-7-11)18-13-12(10-4-2-1-3-5-10)17-15(20)16(13)8-9-16/h1-5,11-13H,6-9H2,(H,17,20)(H,18,19)/t12-,13-/m0/s1. The van der Waals surface area contributed by atoms with Crippen LogP contribution in [0.3, 0.4) is 0 Å². The molecule has 0 aromatic heterocycles. The molecule has 2 aliphatic carbocycles. The number of nitrogens with one attached hydrogen (secondary N) is 2. The molecule has 20 heavy (non-hydrogen) atoms. The van der Waals surface area contributed by atoms with Crippen LogP contribution in [-0.2, 0) is 9.59 Å². The number of hydrogen-bond donors (Lipinski definition) is 2. The van der Waals surface area contributed by atoms with Gasteiger partial charge in [0.15, 0.2) is 0 Å². The fourth-order valence-corrected chi connectivity index (χ4v) is 3.28. The number of carbonyl (C=O) groups excluding carboxylic acids is 2. The molecule has 2 amide bonds. The molecule has 4 rings (SSSR count). The summed E-state index contributed by atoms with van der Waals surface area (Å²) in [6.07, 6.45) is 3.75. The van der Waals surface area contributed by atoms with Crippen molar-refractivity contribution in [2.24, 2.45) is 11.3 Å². The third-order valence-electron chi connectivity index (χ3n) is 4.86. The van der Waals surface area contributed by atoms with Crippen molar-refractivity contribution >= 4 is 11.8 Å². The molecule has 2 saturated carbocycles. The Morgan fingerprint density at radius 2 is 1.90 bits per heavy atom. The summed E-state index contributed by atoms with van der Waals surface area (Å²) in [5, 5.41) is 6.23. The molecule has 0 radical (unpaired) electrons. The minimum atomic E-state index is -0.342. The van der Waals surface area contributed by atoms with Crippen molar-refractivity contribution in [2.75, 3.05) is 0 Å². The van der Waals surface area contributed by atoms with E-state index in [4.69, 9.17) is 0 Å². The van der Waals surface area contributed by atoms with Crippen molar-refractivity contribution in [1.82, 2.24) is 10.6 Å². The maximum absolute atomic E-state index is 12.3. The molecule has 3 fully saturated rings. The molecule has 0 unspecified atom stereocenters. The van der Waals surface area contributed by atoms with Crippen molar-refractivity contribution < 1.29 is 9.59 Å². The highest BCUT2D eigenvalue weighted by Gasteiger charge is 2.63. The lowest BCUT2D eigenvalue weighted by atomic mass is 9.91. The average molecular weight is 270 g/mol. The highest BCUT2D eigenvalue weighted by Crippen LogP contribution is 2.56. The SMILES string of the molecule is O=C(N[C@H]1[C@H](c2ccccc2)NC(=O)C12CC2)C1CC1. The van der Waals surface area contributed by atoms with E-state index in [-0.39, 0.29) is 35.2 Å². The molecule has 2 N–H and O–H groups in total. The monoisotopic (exact) mass is 270 g/mol. The zero-order chi connectivity index (χ0) is 13.7. The number of amides is 2. The van der Waals surface area contributed by atoms with Gasteiger partial charge in [-0.2, -0.15) is 0 Å². The Morgan fingerprint density at radius 1 is 1.20 bits per heavy atom. The number of carbonyl (C=O) groups is 2. The molecule has 0 bridgehead atoms. The van der Waals surface area contributed by atoms with Crippen LogP contribution in [0.1, 0.15) is 37.3 Å².